The van der Waals surface area contributed by atoms with Crippen molar-refractivity contribution < 1.29 is 9.47 Å². The van der Waals surface area contributed by atoms with Crippen molar-refractivity contribution in [2.24, 2.45) is 4.99 Å². The van der Waals surface area contributed by atoms with Crippen LogP contribution in [0, 0.1) is 0 Å². The van der Waals surface area contributed by atoms with Crippen LogP contribution in [0.25, 0.3) is 0 Å². The normalized spacial score (nSPS) is 18.2. The first-order valence-corrected chi connectivity index (χ1v) is 10.3. The molecule has 0 unspecified atom stereocenters. The summed E-state index contributed by atoms with van der Waals surface area (Å²) < 4.78 is 11.8. The molecule has 1 aromatic carbocycles. The number of ether oxygens (including phenoxy) is 2. The largest absolute Gasteiger partial charge is 0.454 e. The van der Waals surface area contributed by atoms with Crippen LogP contribution in [-0.2, 0) is 6.54 Å². The summed E-state index contributed by atoms with van der Waals surface area (Å²) in [5, 5.41) is 6.96. The van der Waals surface area contributed by atoms with E-state index >= 15 is 0 Å². The van der Waals surface area contributed by atoms with Crippen molar-refractivity contribution in [3.05, 3.63) is 22.2 Å². The summed E-state index contributed by atoms with van der Waals surface area (Å²) in [6.07, 6.45) is 3.56. The molecule has 0 bridgehead atoms. The monoisotopic (exact) mass is 424 g/mol. The summed E-state index contributed by atoms with van der Waals surface area (Å²) in [7, 11) is 0. The molecule has 1 aromatic rings. The molecule has 6 nitrogen and oxygen atoms in total. The quantitative estimate of drug-likeness (QED) is 0.542. The van der Waals surface area contributed by atoms with Crippen molar-refractivity contribution in [2.45, 2.75) is 45.7 Å². The van der Waals surface area contributed by atoms with E-state index in [9.17, 15) is 0 Å². The molecule has 144 valence electrons. The van der Waals surface area contributed by atoms with E-state index in [4.69, 9.17) is 14.5 Å². The van der Waals surface area contributed by atoms with E-state index in [2.05, 4.69) is 45.3 Å². The summed E-state index contributed by atoms with van der Waals surface area (Å²) in [5.41, 5.74) is 1.09. The van der Waals surface area contributed by atoms with E-state index in [1.807, 2.05) is 12.1 Å². The van der Waals surface area contributed by atoms with Gasteiger partial charge < -0.3 is 25.0 Å². The van der Waals surface area contributed by atoms with Gasteiger partial charge in [0, 0.05) is 25.7 Å². The Morgan fingerprint density at radius 3 is 2.81 bits per heavy atom. The van der Waals surface area contributed by atoms with Crippen molar-refractivity contribution in [1.29, 1.82) is 0 Å². The van der Waals surface area contributed by atoms with Gasteiger partial charge in [0.25, 0.3) is 0 Å². The number of hydrogen-bond donors (Lipinski definition) is 2. The number of aliphatic imine (C=N–C) groups is 1. The van der Waals surface area contributed by atoms with Crippen LogP contribution in [0.3, 0.4) is 0 Å². The molecule has 3 rings (SSSR count). The maximum atomic E-state index is 5.49. The third-order valence-electron chi connectivity index (χ3n) is 4.72. The lowest BCUT2D eigenvalue weighted by Crippen LogP contribution is -2.48. The zero-order chi connectivity index (χ0) is 18.4. The molecule has 0 aromatic heterocycles. The predicted octanol–water partition coefficient (Wildman–Crippen LogP) is 3.11. The van der Waals surface area contributed by atoms with Crippen molar-refractivity contribution in [1.82, 2.24) is 15.5 Å². The number of nitrogens with one attached hydrogen (secondary N) is 2. The number of rotatable bonds is 6. The zero-order valence-corrected chi connectivity index (χ0v) is 17.3. The van der Waals surface area contributed by atoms with Gasteiger partial charge in [0.05, 0.1) is 11.0 Å². The molecule has 2 heterocycles. The summed E-state index contributed by atoms with van der Waals surface area (Å²) in [5.74, 6) is 2.45. The molecule has 1 saturated heterocycles. The molecule has 2 N–H and O–H groups in total. The molecule has 2 aliphatic rings. The minimum absolute atomic E-state index is 0.279. The van der Waals surface area contributed by atoms with Crippen LogP contribution in [0.4, 0.5) is 0 Å². The molecule has 0 atom stereocenters. The van der Waals surface area contributed by atoms with Crippen LogP contribution in [0.15, 0.2) is 21.6 Å². The van der Waals surface area contributed by atoms with E-state index in [1.54, 1.807) is 0 Å². The van der Waals surface area contributed by atoms with E-state index < -0.39 is 0 Å². The lowest BCUT2D eigenvalue weighted by atomic mass is 10.1. The van der Waals surface area contributed by atoms with E-state index in [0.717, 1.165) is 34.0 Å². The number of piperidine rings is 1. The molecule has 0 saturated carbocycles. The maximum absolute atomic E-state index is 5.49. The molecule has 7 heteroatoms. The molecular formula is C19H29BrN4O2. The highest BCUT2D eigenvalue weighted by atomic mass is 79.9. The van der Waals surface area contributed by atoms with Gasteiger partial charge in [-0.25, -0.2) is 4.99 Å². The van der Waals surface area contributed by atoms with E-state index in [-0.39, 0.29) is 6.79 Å². The van der Waals surface area contributed by atoms with Crippen LogP contribution >= 0.6 is 15.9 Å². The Kier molecular flexibility index (Phi) is 7.02. The first-order valence-electron chi connectivity index (χ1n) is 9.54. The Morgan fingerprint density at radius 2 is 2.08 bits per heavy atom. The number of guanidine groups is 1. The lowest BCUT2D eigenvalue weighted by Gasteiger charge is -2.32. The van der Waals surface area contributed by atoms with Gasteiger partial charge in [-0.3, -0.25) is 0 Å². The predicted molar refractivity (Wildman–Crippen MR) is 108 cm³/mol. The van der Waals surface area contributed by atoms with Gasteiger partial charge in [-0.1, -0.05) is 6.92 Å². The smallest absolute Gasteiger partial charge is 0.231 e. The van der Waals surface area contributed by atoms with Gasteiger partial charge in [-0.15, -0.1) is 0 Å². The van der Waals surface area contributed by atoms with Crippen LogP contribution in [-0.4, -0.2) is 49.9 Å². The number of fused-ring (bicyclic) bond motifs is 1. The fourth-order valence-corrected chi connectivity index (χ4v) is 4.02. The number of benzene rings is 1. The van der Waals surface area contributed by atoms with Crippen LogP contribution < -0.4 is 20.1 Å². The SMILES string of the molecule is CCCN1CCC(NC(=NCc2cc(Br)c3c(c2)OCO3)NCC)CC1. The van der Waals surface area contributed by atoms with Gasteiger partial charge in [-0.2, -0.15) is 0 Å². The molecule has 0 radical (unpaired) electrons. The molecule has 0 spiro atoms. The highest BCUT2D eigenvalue weighted by Crippen LogP contribution is 2.40. The first-order chi connectivity index (χ1) is 12.7. The minimum atomic E-state index is 0.279. The Balaban J connectivity index is 1.58. The van der Waals surface area contributed by atoms with Gasteiger partial charge in [0.2, 0.25) is 6.79 Å². The van der Waals surface area contributed by atoms with Gasteiger partial charge in [0.15, 0.2) is 17.5 Å². The van der Waals surface area contributed by atoms with Gasteiger partial charge in [0.1, 0.15) is 0 Å². The second-order valence-corrected chi connectivity index (χ2v) is 7.62. The summed E-state index contributed by atoms with van der Waals surface area (Å²) in [6.45, 7) is 9.61. The molecule has 2 aliphatic heterocycles. The number of halogens is 1. The summed E-state index contributed by atoms with van der Waals surface area (Å²) in [4.78, 5) is 7.31. The Morgan fingerprint density at radius 1 is 1.27 bits per heavy atom. The highest BCUT2D eigenvalue weighted by molar-refractivity contribution is 9.10. The second kappa shape index (κ2) is 9.46. The third-order valence-corrected chi connectivity index (χ3v) is 5.31. The van der Waals surface area contributed by atoms with Crippen LogP contribution in [0.5, 0.6) is 11.5 Å². The first kappa shape index (κ1) is 19.3. The average molecular weight is 425 g/mol. The number of nitrogens with zero attached hydrogens (tertiary/aromatic N) is 2. The molecule has 1 fully saturated rings. The molecule has 26 heavy (non-hydrogen) atoms. The van der Waals surface area contributed by atoms with Crippen LogP contribution in [0.1, 0.15) is 38.7 Å². The molecular weight excluding hydrogens is 396 g/mol. The van der Waals surface area contributed by atoms with Gasteiger partial charge in [-0.05, 0) is 66.4 Å². The Hall–Kier alpha value is -1.47. The lowest BCUT2D eigenvalue weighted by molar-refractivity contribution is 0.173. The van der Waals surface area contributed by atoms with Crippen molar-refractivity contribution >= 4 is 21.9 Å². The average Bonchev–Trinajstić information content (AvgIpc) is 3.11. The van der Waals surface area contributed by atoms with E-state index in [0.29, 0.717) is 12.6 Å². The van der Waals surface area contributed by atoms with Crippen molar-refractivity contribution in [3.63, 3.8) is 0 Å². The number of hydrogen-bond acceptors (Lipinski definition) is 4. The van der Waals surface area contributed by atoms with Crippen LogP contribution in [0.2, 0.25) is 0 Å². The molecule has 0 aliphatic carbocycles. The minimum Gasteiger partial charge on any atom is -0.454 e. The highest BCUT2D eigenvalue weighted by Gasteiger charge is 2.20. The third kappa shape index (κ3) is 5.04. The number of likely N-dealkylation sites (tertiary alicyclic amines) is 1. The van der Waals surface area contributed by atoms with Crippen molar-refractivity contribution in [3.8, 4) is 11.5 Å². The fourth-order valence-electron chi connectivity index (χ4n) is 3.41. The Labute approximate surface area is 164 Å². The fraction of sp³-hybridized carbons (Fsp3) is 0.632. The Bertz CT molecular complexity index is 630. The maximum Gasteiger partial charge on any atom is 0.231 e. The molecule has 0 amide bonds. The summed E-state index contributed by atoms with van der Waals surface area (Å²) >= 11 is 3.54. The summed E-state index contributed by atoms with van der Waals surface area (Å²) in [6, 6.07) is 4.54. The second-order valence-electron chi connectivity index (χ2n) is 6.77. The topological polar surface area (TPSA) is 58.1 Å². The standard InChI is InChI=1S/C19H29BrN4O2/c1-3-7-24-8-5-15(6-9-24)23-19(21-4-2)22-12-14-10-16(20)18-17(11-14)25-13-26-18/h10-11,15H,3-9,12-13H2,1-2H3,(H2,21,22,23). The van der Waals surface area contributed by atoms with Crippen molar-refractivity contribution in [2.75, 3.05) is 33.0 Å². The van der Waals surface area contributed by atoms with Gasteiger partial charge >= 0.3 is 0 Å². The van der Waals surface area contributed by atoms with E-state index in [1.165, 1.54) is 38.9 Å². The zero-order valence-electron chi connectivity index (χ0n) is 15.7.